The Hall–Kier alpha value is -4.88. The predicted molar refractivity (Wildman–Crippen MR) is 133 cm³/mol. The van der Waals surface area contributed by atoms with Crippen LogP contribution in [-0.4, -0.2) is 93.6 Å². The Balaban J connectivity index is 1.70. The maximum atomic E-state index is 14.3. The second kappa shape index (κ2) is 8.31. The molecule has 0 atom stereocenters. The minimum atomic E-state index is -2.65. The summed E-state index contributed by atoms with van der Waals surface area (Å²) in [5.41, 5.74) is -3.68. The van der Waals surface area contributed by atoms with Gasteiger partial charge < -0.3 is 29.2 Å². The molecule has 4 aliphatic rings. The molecule has 210 valence electrons. The highest BCUT2D eigenvalue weighted by atomic mass is 16.5. The van der Waals surface area contributed by atoms with Crippen molar-refractivity contribution in [3.63, 3.8) is 0 Å². The number of hydrogen-bond acceptors (Lipinski definition) is 8. The first-order chi connectivity index (χ1) is 19.1. The number of benzene rings is 2. The number of carbonyl (C=O) groups is 4. The maximum Gasteiger partial charge on any atom is 0.356 e. The van der Waals surface area contributed by atoms with Gasteiger partial charge in [-0.3, -0.25) is 19.6 Å². The van der Waals surface area contributed by atoms with Gasteiger partial charge in [-0.05, 0) is 24.3 Å². The van der Waals surface area contributed by atoms with E-state index < -0.39 is 35.3 Å². The normalized spacial score (nSPS) is 24.1. The molecule has 14 heteroatoms. The zero-order valence-corrected chi connectivity index (χ0v) is 22.1. The van der Waals surface area contributed by atoms with Crippen LogP contribution >= 0.6 is 0 Å². The molecule has 2 fully saturated rings. The number of methoxy groups -OCH3 is 4. The van der Waals surface area contributed by atoms with Gasteiger partial charge in [0.25, 0.3) is 11.3 Å². The second-order valence-electron chi connectivity index (χ2n) is 9.72. The SMILES string of the molecule is COc1ccc(OC)c2c1CN1C(=O)N3Cc4c(OC)ccc(OC)c4CN4C(=O)N(C2)C1(C(=O)O)C34C(=O)O. The Kier molecular flexibility index (Phi) is 5.28. The summed E-state index contributed by atoms with van der Waals surface area (Å²) in [5.74, 6) is -2.01. The Morgan fingerprint density at radius 2 is 0.800 bits per heavy atom. The maximum absolute atomic E-state index is 14.3. The highest BCUT2D eigenvalue weighted by molar-refractivity contribution is 6.09. The van der Waals surface area contributed by atoms with Crippen molar-refractivity contribution < 1.29 is 48.3 Å². The van der Waals surface area contributed by atoms with Crippen molar-refractivity contribution in [1.29, 1.82) is 0 Å². The summed E-state index contributed by atoms with van der Waals surface area (Å²) < 4.78 is 22.1. The summed E-state index contributed by atoms with van der Waals surface area (Å²) >= 11 is 0. The topological polar surface area (TPSA) is 159 Å². The van der Waals surface area contributed by atoms with E-state index in [4.69, 9.17) is 18.9 Å². The van der Waals surface area contributed by atoms with Crippen LogP contribution in [0.1, 0.15) is 22.3 Å². The van der Waals surface area contributed by atoms with E-state index >= 15 is 0 Å². The third kappa shape index (κ3) is 2.62. The number of carboxylic acids is 2. The molecule has 4 amide bonds. The number of urea groups is 2. The Morgan fingerprint density at radius 3 is 0.975 bits per heavy atom. The summed E-state index contributed by atoms with van der Waals surface area (Å²) in [6.45, 7) is -1.42. The van der Waals surface area contributed by atoms with E-state index in [1.165, 1.54) is 28.4 Å². The fraction of sp³-hybridized carbons (Fsp3) is 0.385. The molecule has 40 heavy (non-hydrogen) atoms. The van der Waals surface area contributed by atoms with Gasteiger partial charge in [-0.25, -0.2) is 19.2 Å². The Morgan fingerprint density at radius 1 is 0.575 bits per heavy atom. The summed E-state index contributed by atoms with van der Waals surface area (Å²) in [5, 5.41) is 21.9. The van der Waals surface area contributed by atoms with E-state index in [1.54, 1.807) is 24.3 Å². The second-order valence-corrected chi connectivity index (χ2v) is 9.72. The summed E-state index contributed by atoms with van der Waals surface area (Å²) in [6.07, 6.45) is 0. The summed E-state index contributed by atoms with van der Waals surface area (Å²) in [7, 11) is 5.68. The van der Waals surface area contributed by atoms with Crippen LogP contribution in [-0.2, 0) is 35.8 Å². The number of amides is 4. The van der Waals surface area contributed by atoms with Crippen molar-refractivity contribution in [2.45, 2.75) is 37.5 Å². The van der Waals surface area contributed by atoms with E-state index in [1.807, 2.05) is 0 Å². The number of ether oxygens (including phenoxy) is 4. The molecule has 2 aromatic rings. The van der Waals surface area contributed by atoms with Crippen LogP contribution in [0, 0.1) is 0 Å². The van der Waals surface area contributed by atoms with E-state index in [9.17, 15) is 29.4 Å². The van der Waals surface area contributed by atoms with Gasteiger partial charge in [0.1, 0.15) is 23.0 Å². The number of rotatable bonds is 6. The number of aliphatic carboxylic acids is 2. The molecule has 2 saturated heterocycles. The van der Waals surface area contributed by atoms with E-state index in [0.717, 1.165) is 19.6 Å². The summed E-state index contributed by atoms with van der Waals surface area (Å²) in [4.78, 5) is 59.3. The third-order valence-corrected chi connectivity index (χ3v) is 8.40. The number of nitrogens with zero attached hydrogens (tertiary/aromatic N) is 4. The van der Waals surface area contributed by atoms with Crippen LogP contribution in [0.2, 0.25) is 0 Å². The average molecular weight is 555 g/mol. The van der Waals surface area contributed by atoms with Gasteiger partial charge in [0.15, 0.2) is 0 Å². The lowest BCUT2D eigenvalue weighted by molar-refractivity contribution is -0.184. The van der Waals surface area contributed by atoms with Gasteiger partial charge in [0.05, 0.1) is 54.6 Å². The van der Waals surface area contributed by atoms with Gasteiger partial charge in [-0.15, -0.1) is 0 Å². The standard InChI is InChI=1S/C26H26N4O10/c1-37-17-5-6-18(38-2)14-10-28-24(36)30-12-16-15(19(39-3)7-8-20(16)40-4)11-29-23(35)27(9-13(14)17)25(28,21(31)32)26(29,30)22(33)34/h5-8H,9-12H2,1-4H3,(H,31,32)(H,33,34). The number of carbonyl (C=O) groups excluding carboxylic acids is 2. The van der Waals surface area contributed by atoms with E-state index in [-0.39, 0.29) is 26.2 Å². The first-order valence-corrected chi connectivity index (χ1v) is 12.3. The molecule has 4 heterocycles. The minimum Gasteiger partial charge on any atom is -0.496 e. The smallest absolute Gasteiger partial charge is 0.356 e. The first-order valence-electron chi connectivity index (χ1n) is 12.3. The molecule has 0 radical (unpaired) electrons. The molecule has 2 N–H and O–H groups in total. The quantitative estimate of drug-likeness (QED) is 0.536. The molecule has 6 rings (SSSR count). The largest absolute Gasteiger partial charge is 0.496 e. The Labute approximate surface area is 227 Å². The molecule has 0 bridgehead atoms. The van der Waals surface area contributed by atoms with Crippen molar-refractivity contribution in [3.8, 4) is 23.0 Å². The van der Waals surface area contributed by atoms with Crippen LogP contribution in [0.5, 0.6) is 23.0 Å². The minimum absolute atomic E-state index is 0.331. The van der Waals surface area contributed by atoms with Crippen molar-refractivity contribution in [2.75, 3.05) is 28.4 Å². The highest BCUT2D eigenvalue weighted by Gasteiger charge is 2.87. The molecule has 4 aliphatic heterocycles. The van der Waals surface area contributed by atoms with Crippen molar-refractivity contribution in [3.05, 3.63) is 46.5 Å². The third-order valence-electron chi connectivity index (χ3n) is 8.40. The van der Waals surface area contributed by atoms with Crippen LogP contribution < -0.4 is 18.9 Å². The number of hydrogen-bond donors (Lipinski definition) is 2. The lowest BCUT2D eigenvalue weighted by atomic mass is 9.91. The molecular weight excluding hydrogens is 528 g/mol. The molecule has 0 saturated carbocycles. The molecular formula is C26H26N4O10. The molecule has 14 nitrogen and oxygen atoms in total. The zero-order chi connectivity index (χ0) is 28.7. The molecule has 2 aromatic carbocycles. The fourth-order valence-electron chi connectivity index (χ4n) is 6.77. The average Bonchev–Trinajstić information content (AvgIpc) is 3.12. The van der Waals surface area contributed by atoms with Gasteiger partial charge in [-0.1, -0.05) is 0 Å². The van der Waals surface area contributed by atoms with E-state index in [0.29, 0.717) is 45.3 Å². The Bertz CT molecular complexity index is 1310. The molecule has 0 aromatic heterocycles. The fourth-order valence-corrected chi connectivity index (χ4v) is 6.77. The molecule has 0 spiro atoms. The zero-order valence-electron chi connectivity index (χ0n) is 22.1. The monoisotopic (exact) mass is 554 g/mol. The number of fused-ring (bicyclic) bond motifs is 2. The first kappa shape index (κ1) is 25.4. The van der Waals surface area contributed by atoms with Crippen LogP contribution in [0.4, 0.5) is 9.59 Å². The van der Waals surface area contributed by atoms with Gasteiger partial charge in [-0.2, -0.15) is 0 Å². The van der Waals surface area contributed by atoms with Gasteiger partial charge >= 0.3 is 24.0 Å². The molecule has 0 aliphatic carbocycles. The van der Waals surface area contributed by atoms with Crippen LogP contribution in [0.3, 0.4) is 0 Å². The highest BCUT2D eigenvalue weighted by Crippen LogP contribution is 2.58. The van der Waals surface area contributed by atoms with Crippen molar-refractivity contribution in [1.82, 2.24) is 19.6 Å². The predicted octanol–water partition coefficient (Wildman–Crippen LogP) is 1.49. The van der Waals surface area contributed by atoms with Crippen molar-refractivity contribution >= 4 is 24.0 Å². The van der Waals surface area contributed by atoms with Gasteiger partial charge in [0.2, 0.25) is 0 Å². The van der Waals surface area contributed by atoms with Crippen molar-refractivity contribution in [2.24, 2.45) is 0 Å². The van der Waals surface area contributed by atoms with E-state index in [2.05, 4.69) is 0 Å². The lowest BCUT2D eigenvalue weighted by Gasteiger charge is -2.42. The number of carboxylic acid groups (broad SMARTS) is 2. The van der Waals surface area contributed by atoms with Crippen LogP contribution in [0.25, 0.3) is 0 Å². The lowest BCUT2D eigenvalue weighted by Crippen LogP contribution is -2.74. The van der Waals surface area contributed by atoms with Gasteiger partial charge in [0, 0.05) is 22.3 Å². The summed E-state index contributed by atoms with van der Waals surface area (Å²) in [6, 6.07) is 4.65. The van der Waals surface area contributed by atoms with Crippen LogP contribution in [0.15, 0.2) is 24.3 Å². The molecule has 0 unspecified atom stereocenters.